The van der Waals surface area contributed by atoms with Crippen molar-refractivity contribution in [2.24, 2.45) is 5.92 Å². The summed E-state index contributed by atoms with van der Waals surface area (Å²) in [6.07, 6.45) is 4.04. The highest BCUT2D eigenvalue weighted by Gasteiger charge is 2.32. The molecule has 3 rings (SSSR count). The van der Waals surface area contributed by atoms with E-state index in [2.05, 4.69) is 10.3 Å². The van der Waals surface area contributed by atoms with Crippen LogP contribution in [0, 0.1) is 18.7 Å². The summed E-state index contributed by atoms with van der Waals surface area (Å²) in [6, 6.07) is 5.14. The number of anilines is 1. The van der Waals surface area contributed by atoms with Gasteiger partial charge in [0.1, 0.15) is 5.82 Å². The third-order valence-electron chi connectivity index (χ3n) is 4.65. The highest BCUT2D eigenvalue weighted by Crippen LogP contribution is 2.27. The molecule has 144 valence electrons. The lowest BCUT2D eigenvalue weighted by Gasteiger charge is -2.30. The van der Waals surface area contributed by atoms with E-state index in [4.69, 9.17) is 11.6 Å². The van der Waals surface area contributed by atoms with E-state index in [1.54, 1.807) is 18.5 Å². The van der Waals surface area contributed by atoms with Crippen LogP contribution in [0.25, 0.3) is 0 Å². The standard InChI is InChI=1S/C18H19ClFN3O3S/c1-12-4-7-21-11-17(12)22-18(24)13-5-8-23(9-6-13)27(25,26)14-2-3-16(20)15(19)10-14/h2-4,7,10-11,13H,5-6,8-9H2,1H3,(H,22,24). The average Bonchev–Trinajstić information content (AvgIpc) is 2.65. The van der Waals surface area contributed by atoms with Gasteiger partial charge in [0.2, 0.25) is 15.9 Å². The number of hydrogen-bond donors (Lipinski definition) is 1. The van der Waals surface area contributed by atoms with Crippen molar-refractivity contribution in [1.82, 2.24) is 9.29 Å². The molecule has 1 aliphatic rings. The molecule has 0 radical (unpaired) electrons. The number of aromatic nitrogens is 1. The largest absolute Gasteiger partial charge is 0.324 e. The molecule has 0 unspecified atom stereocenters. The second-order valence-electron chi connectivity index (χ2n) is 6.43. The van der Waals surface area contributed by atoms with Crippen molar-refractivity contribution in [3.8, 4) is 0 Å². The van der Waals surface area contributed by atoms with E-state index in [9.17, 15) is 17.6 Å². The Morgan fingerprint density at radius 2 is 2.00 bits per heavy atom. The van der Waals surface area contributed by atoms with Crippen molar-refractivity contribution in [2.75, 3.05) is 18.4 Å². The van der Waals surface area contributed by atoms with Gasteiger partial charge in [-0.2, -0.15) is 4.31 Å². The summed E-state index contributed by atoms with van der Waals surface area (Å²) in [5.41, 5.74) is 1.56. The van der Waals surface area contributed by atoms with Crippen molar-refractivity contribution < 1.29 is 17.6 Å². The number of benzene rings is 1. The van der Waals surface area contributed by atoms with Gasteiger partial charge in [0.05, 0.1) is 21.8 Å². The molecule has 1 aromatic heterocycles. The van der Waals surface area contributed by atoms with E-state index in [1.165, 1.54) is 10.4 Å². The van der Waals surface area contributed by atoms with Gasteiger partial charge in [0.15, 0.2) is 0 Å². The fourth-order valence-corrected chi connectivity index (χ4v) is 4.72. The van der Waals surface area contributed by atoms with Gasteiger partial charge < -0.3 is 5.32 Å². The molecule has 1 N–H and O–H groups in total. The van der Waals surface area contributed by atoms with Crippen molar-refractivity contribution in [2.45, 2.75) is 24.7 Å². The first kappa shape index (κ1) is 19.7. The highest BCUT2D eigenvalue weighted by atomic mass is 35.5. The molecule has 0 bridgehead atoms. The Morgan fingerprint density at radius 3 is 2.63 bits per heavy atom. The third-order valence-corrected chi connectivity index (χ3v) is 6.83. The van der Waals surface area contributed by atoms with Crippen LogP contribution < -0.4 is 5.32 Å². The molecule has 27 heavy (non-hydrogen) atoms. The summed E-state index contributed by atoms with van der Waals surface area (Å²) in [6.45, 7) is 2.29. The quantitative estimate of drug-likeness (QED) is 0.837. The van der Waals surface area contributed by atoms with Gasteiger partial charge in [-0.25, -0.2) is 12.8 Å². The molecular weight excluding hydrogens is 393 g/mol. The molecule has 2 heterocycles. The molecule has 1 saturated heterocycles. The van der Waals surface area contributed by atoms with Gasteiger partial charge >= 0.3 is 0 Å². The molecule has 1 aliphatic heterocycles. The number of halogens is 2. The van der Waals surface area contributed by atoms with Crippen LogP contribution in [-0.2, 0) is 14.8 Å². The van der Waals surface area contributed by atoms with Crippen molar-refractivity contribution >= 4 is 33.2 Å². The minimum atomic E-state index is -3.78. The monoisotopic (exact) mass is 411 g/mol. The van der Waals surface area contributed by atoms with Crippen LogP contribution in [0.4, 0.5) is 10.1 Å². The number of pyridine rings is 1. The molecule has 1 aromatic carbocycles. The highest BCUT2D eigenvalue weighted by molar-refractivity contribution is 7.89. The van der Waals surface area contributed by atoms with E-state index in [0.29, 0.717) is 18.5 Å². The maximum atomic E-state index is 13.3. The van der Waals surface area contributed by atoms with E-state index < -0.39 is 15.8 Å². The lowest BCUT2D eigenvalue weighted by Crippen LogP contribution is -2.41. The molecule has 1 amide bonds. The van der Waals surface area contributed by atoms with E-state index >= 15 is 0 Å². The zero-order valence-corrected chi connectivity index (χ0v) is 16.2. The Labute approximate surface area is 162 Å². The smallest absolute Gasteiger partial charge is 0.243 e. The predicted molar refractivity (Wildman–Crippen MR) is 100 cm³/mol. The minimum Gasteiger partial charge on any atom is -0.324 e. The van der Waals surface area contributed by atoms with E-state index in [0.717, 1.165) is 17.7 Å². The Hall–Kier alpha value is -2.03. The number of rotatable bonds is 4. The number of sulfonamides is 1. The van der Waals surface area contributed by atoms with Gasteiger partial charge in [-0.1, -0.05) is 11.6 Å². The Balaban J connectivity index is 1.65. The Bertz CT molecular complexity index is 960. The summed E-state index contributed by atoms with van der Waals surface area (Å²) in [5, 5.41) is 2.61. The van der Waals surface area contributed by atoms with Crippen LogP contribution in [0.3, 0.4) is 0 Å². The van der Waals surface area contributed by atoms with Crippen LogP contribution in [0.5, 0.6) is 0 Å². The first-order chi connectivity index (χ1) is 12.8. The van der Waals surface area contributed by atoms with Crippen LogP contribution >= 0.6 is 11.6 Å². The van der Waals surface area contributed by atoms with Gasteiger partial charge in [-0.15, -0.1) is 0 Å². The van der Waals surface area contributed by atoms with E-state index in [-0.39, 0.29) is 34.8 Å². The predicted octanol–water partition coefficient (Wildman–Crippen LogP) is 3.22. The number of amides is 1. The molecule has 0 aliphatic carbocycles. The minimum absolute atomic E-state index is 0.0530. The molecule has 0 spiro atoms. The van der Waals surface area contributed by atoms with E-state index in [1.807, 2.05) is 6.92 Å². The molecule has 6 nitrogen and oxygen atoms in total. The van der Waals surface area contributed by atoms with Crippen LogP contribution in [-0.4, -0.2) is 36.7 Å². The van der Waals surface area contributed by atoms with Gasteiger partial charge in [0.25, 0.3) is 0 Å². The third kappa shape index (κ3) is 4.28. The number of nitrogens with zero attached hydrogens (tertiary/aromatic N) is 2. The summed E-state index contributed by atoms with van der Waals surface area (Å²) >= 11 is 5.70. The van der Waals surface area contributed by atoms with Gasteiger partial charge in [-0.3, -0.25) is 9.78 Å². The summed E-state index contributed by atoms with van der Waals surface area (Å²) in [4.78, 5) is 16.4. The lowest BCUT2D eigenvalue weighted by atomic mass is 9.97. The fourth-order valence-electron chi connectivity index (χ4n) is 2.97. The van der Waals surface area contributed by atoms with Gasteiger partial charge in [0, 0.05) is 25.2 Å². The zero-order valence-electron chi connectivity index (χ0n) is 14.7. The zero-order chi connectivity index (χ0) is 19.6. The second-order valence-corrected chi connectivity index (χ2v) is 8.78. The molecule has 1 fully saturated rings. The normalized spacial score (nSPS) is 16.3. The number of piperidine rings is 1. The van der Waals surface area contributed by atoms with Crippen LogP contribution in [0.1, 0.15) is 18.4 Å². The van der Waals surface area contributed by atoms with Crippen LogP contribution in [0.15, 0.2) is 41.6 Å². The summed E-state index contributed by atoms with van der Waals surface area (Å²) < 4.78 is 40.0. The summed E-state index contributed by atoms with van der Waals surface area (Å²) in [5.74, 6) is -1.10. The van der Waals surface area contributed by atoms with Crippen molar-refractivity contribution in [1.29, 1.82) is 0 Å². The summed E-state index contributed by atoms with van der Waals surface area (Å²) in [7, 11) is -3.78. The maximum Gasteiger partial charge on any atom is 0.243 e. The number of carbonyl (C=O) groups is 1. The van der Waals surface area contributed by atoms with Gasteiger partial charge in [-0.05, 0) is 49.6 Å². The average molecular weight is 412 g/mol. The second kappa shape index (κ2) is 7.92. The molecule has 0 saturated carbocycles. The number of carbonyl (C=O) groups excluding carboxylic acids is 1. The molecule has 0 atom stereocenters. The topological polar surface area (TPSA) is 79.4 Å². The number of hydrogen-bond acceptors (Lipinski definition) is 4. The number of aryl methyl sites for hydroxylation is 1. The van der Waals surface area contributed by atoms with Crippen molar-refractivity contribution in [3.05, 3.63) is 53.1 Å². The first-order valence-electron chi connectivity index (χ1n) is 8.45. The Kier molecular flexibility index (Phi) is 5.78. The maximum absolute atomic E-state index is 13.3. The molecule has 2 aromatic rings. The SMILES string of the molecule is Cc1ccncc1NC(=O)C1CCN(S(=O)(=O)c2ccc(F)c(Cl)c2)CC1. The molecular formula is C18H19ClFN3O3S. The molecule has 9 heteroatoms. The van der Waals surface area contributed by atoms with Crippen LogP contribution in [0.2, 0.25) is 5.02 Å². The fraction of sp³-hybridized carbons (Fsp3) is 0.333. The van der Waals surface area contributed by atoms with Crippen molar-refractivity contribution in [3.63, 3.8) is 0 Å². The Morgan fingerprint density at radius 1 is 1.30 bits per heavy atom. The lowest BCUT2D eigenvalue weighted by molar-refractivity contribution is -0.120. The number of nitrogens with one attached hydrogen (secondary N) is 1. The first-order valence-corrected chi connectivity index (χ1v) is 10.3.